The highest BCUT2D eigenvalue weighted by Gasteiger charge is 2.11. The minimum absolute atomic E-state index is 0.674. The number of benzene rings is 2. The first-order chi connectivity index (χ1) is 9.79. The van der Waals surface area contributed by atoms with E-state index < -0.39 is 0 Å². The Labute approximate surface area is 118 Å². The van der Waals surface area contributed by atoms with E-state index in [1.807, 2.05) is 42.5 Å². The molecular formula is C16H18N4. The average molecular weight is 266 g/mol. The number of imidazole rings is 1. The second-order valence-corrected chi connectivity index (χ2v) is 4.84. The number of anilines is 1. The van der Waals surface area contributed by atoms with Crippen molar-refractivity contribution in [2.45, 2.75) is 13.0 Å². The van der Waals surface area contributed by atoms with E-state index in [2.05, 4.69) is 10.6 Å². The predicted molar refractivity (Wildman–Crippen MR) is 83.3 cm³/mol. The summed E-state index contributed by atoms with van der Waals surface area (Å²) >= 11 is 0. The standard InChI is InChI=1S/C16H18N4/c17-10-3-11-20-15-5-2-1-4-14(15)19-16(20)12-6-8-13(18)9-7-12/h1-2,4-9H,3,10-11,17-18H2. The van der Waals surface area contributed by atoms with E-state index in [4.69, 9.17) is 16.5 Å². The lowest BCUT2D eigenvalue weighted by atomic mass is 10.2. The first kappa shape index (κ1) is 12.7. The molecular weight excluding hydrogens is 248 g/mol. The smallest absolute Gasteiger partial charge is 0.141 e. The molecule has 0 spiro atoms. The third-order valence-electron chi connectivity index (χ3n) is 3.41. The maximum absolute atomic E-state index is 5.75. The van der Waals surface area contributed by atoms with Crippen molar-refractivity contribution < 1.29 is 0 Å². The lowest BCUT2D eigenvalue weighted by Gasteiger charge is -2.08. The van der Waals surface area contributed by atoms with Crippen molar-refractivity contribution in [2.24, 2.45) is 5.73 Å². The van der Waals surface area contributed by atoms with Crippen LogP contribution in [0.2, 0.25) is 0 Å². The molecule has 20 heavy (non-hydrogen) atoms. The molecule has 0 aliphatic heterocycles. The Morgan fingerprint density at radius 2 is 1.75 bits per heavy atom. The van der Waals surface area contributed by atoms with Crippen molar-refractivity contribution in [3.8, 4) is 11.4 Å². The molecule has 1 aromatic heterocycles. The minimum Gasteiger partial charge on any atom is -0.399 e. The zero-order chi connectivity index (χ0) is 13.9. The van der Waals surface area contributed by atoms with Gasteiger partial charge in [0.1, 0.15) is 5.82 Å². The van der Waals surface area contributed by atoms with Gasteiger partial charge in [0.25, 0.3) is 0 Å². The second-order valence-electron chi connectivity index (χ2n) is 4.84. The van der Waals surface area contributed by atoms with Crippen LogP contribution >= 0.6 is 0 Å². The lowest BCUT2D eigenvalue weighted by molar-refractivity contribution is 0.671. The van der Waals surface area contributed by atoms with Gasteiger partial charge in [-0.2, -0.15) is 0 Å². The molecule has 0 amide bonds. The number of nitrogen functional groups attached to an aromatic ring is 1. The number of hydrogen-bond acceptors (Lipinski definition) is 3. The molecule has 3 rings (SSSR count). The summed E-state index contributed by atoms with van der Waals surface area (Å²) in [5.41, 5.74) is 15.4. The minimum atomic E-state index is 0.674. The van der Waals surface area contributed by atoms with Gasteiger partial charge in [-0.3, -0.25) is 0 Å². The monoisotopic (exact) mass is 266 g/mol. The summed E-state index contributed by atoms with van der Waals surface area (Å²) in [7, 11) is 0. The molecule has 4 heteroatoms. The fourth-order valence-electron chi connectivity index (χ4n) is 2.40. The molecule has 0 saturated carbocycles. The molecule has 4 nitrogen and oxygen atoms in total. The molecule has 1 heterocycles. The van der Waals surface area contributed by atoms with E-state index in [-0.39, 0.29) is 0 Å². The number of aryl methyl sites for hydroxylation is 1. The molecule has 0 radical (unpaired) electrons. The van der Waals surface area contributed by atoms with Gasteiger partial charge >= 0.3 is 0 Å². The largest absolute Gasteiger partial charge is 0.399 e. The van der Waals surface area contributed by atoms with Crippen LogP contribution < -0.4 is 11.5 Å². The third-order valence-corrected chi connectivity index (χ3v) is 3.41. The van der Waals surface area contributed by atoms with Crippen LogP contribution in [0, 0.1) is 0 Å². The first-order valence-corrected chi connectivity index (χ1v) is 6.81. The van der Waals surface area contributed by atoms with Gasteiger partial charge in [0, 0.05) is 17.8 Å². The highest BCUT2D eigenvalue weighted by molar-refractivity contribution is 5.80. The highest BCUT2D eigenvalue weighted by Crippen LogP contribution is 2.25. The van der Waals surface area contributed by atoms with Crippen molar-refractivity contribution in [2.75, 3.05) is 12.3 Å². The summed E-state index contributed by atoms with van der Waals surface area (Å²) in [6.45, 7) is 1.55. The fraction of sp³-hybridized carbons (Fsp3) is 0.188. The average Bonchev–Trinajstić information content (AvgIpc) is 2.84. The van der Waals surface area contributed by atoms with Crippen molar-refractivity contribution >= 4 is 16.7 Å². The number of aromatic nitrogens is 2. The normalized spacial score (nSPS) is 11.1. The SMILES string of the molecule is NCCCn1c(-c2ccc(N)cc2)nc2ccccc21. The van der Waals surface area contributed by atoms with Crippen molar-refractivity contribution in [1.29, 1.82) is 0 Å². The van der Waals surface area contributed by atoms with Gasteiger partial charge in [0.05, 0.1) is 11.0 Å². The zero-order valence-corrected chi connectivity index (χ0v) is 11.3. The number of para-hydroxylation sites is 2. The number of nitrogens with zero attached hydrogens (tertiary/aromatic N) is 2. The van der Waals surface area contributed by atoms with E-state index >= 15 is 0 Å². The quantitative estimate of drug-likeness (QED) is 0.713. The van der Waals surface area contributed by atoms with Gasteiger partial charge in [0.15, 0.2) is 0 Å². The number of fused-ring (bicyclic) bond motifs is 1. The maximum Gasteiger partial charge on any atom is 0.141 e. The summed E-state index contributed by atoms with van der Waals surface area (Å²) in [6.07, 6.45) is 0.933. The summed E-state index contributed by atoms with van der Waals surface area (Å²) in [4.78, 5) is 4.75. The Kier molecular flexibility index (Phi) is 3.39. The number of hydrogen-bond donors (Lipinski definition) is 2. The Bertz CT molecular complexity index is 713. The van der Waals surface area contributed by atoms with Crippen molar-refractivity contribution in [3.05, 3.63) is 48.5 Å². The van der Waals surface area contributed by atoms with Gasteiger partial charge in [-0.05, 0) is 49.4 Å². The second kappa shape index (κ2) is 5.35. The maximum atomic E-state index is 5.75. The molecule has 4 N–H and O–H groups in total. The summed E-state index contributed by atoms with van der Waals surface area (Å²) < 4.78 is 2.23. The zero-order valence-electron chi connectivity index (χ0n) is 11.3. The third kappa shape index (κ3) is 2.26. The molecule has 0 bridgehead atoms. The van der Waals surface area contributed by atoms with E-state index in [9.17, 15) is 0 Å². The molecule has 0 aliphatic rings. The first-order valence-electron chi connectivity index (χ1n) is 6.81. The predicted octanol–water partition coefficient (Wildman–Crippen LogP) is 2.63. The van der Waals surface area contributed by atoms with E-state index in [0.717, 1.165) is 41.1 Å². The topological polar surface area (TPSA) is 69.9 Å². The van der Waals surface area contributed by atoms with Crippen LogP contribution in [0.4, 0.5) is 5.69 Å². The van der Waals surface area contributed by atoms with Gasteiger partial charge in [-0.1, -0.05) is 12.1 Å². The van der Waals surface area contributed by atoms with Crippen LogP contribution in [0.25, 0.3) is 22.4 Å². The van der Waals surface area contributed by atoms with Crippen molar-refractivity contribution in [1.82, 2.24) is 9.55 Å². The van der Waals surface area contributed by atoms with Crippen molar-refractivity contribution in [3.63, 3.8) is 0 Å². The molecule has 0 unspecified atom stereocenters. The lowest BCUT2D eigenvalue weighted by Crippen LogP contribution is -2.07. The van der Waals surface area contributed by atoms with Gasteiger partial charge in [-0.15, -0.1) is 0 Å². The van der Waals surface area contributed by atoms with Crippen LogP contribution in [-0.2, 0) is 6.54 Å². The number of rotatable bonds is 4. The fourth-order valence-corrected chi connectivity index (χ4v) is 2.40. The van der Waals surface area contributed by atoms with E-state index in [0.29, 0.717) is 6.54 Å². The Morgan fingerprint density at radius 1 is 1.00 bits per heavy atom. The summed E-state index contributed by atoms with van der Waals surface area (Å²) in [5.74, 6) is 0.972. The van der Waals surface area contributed by atoms with Crippen LogP contribution in [0.1, 0.15) is 6.42 Å². The number of nitrogens with two attached hydrogens (primary N) is 2. The van der Waals surface area contributed by atoms with Gasteiger partial charge in [0.2, 0.25) is 0 Å². The van der Waals surface area contributed by atoms with Crippen LogP contribution in [0.5, 0.6) is 0 Å². The van der Waals surface area contributed by atoms with E-state index in [1.165, 1.54) is 0 Å². The Morgan fingerprint density at radius 3 is 2.50 bits per heavy atom. The van der Waals surface area contributed by atoms with Crippen LogP contribution in [-0.4, -0.2) is 16.1 Å². The van der Waals surface area contributed by atoms with Gasteiger partial charge in [-0.25, -0.2) is 4.98 Å². The molecule has 0 aliphatic carbocycles. The molecule has 0 atom stereocenters. The van der Waals surface area contributed by atoms with E-state index in [1.54, 1.807) is 0 Å². The summed E-state index contributed by atoms with van der Waals surface area (Å²) in [6, 6.07) is 16.0. The Hall–Kier alpha value is -2.33. The van der Waals surface area contributed by atoms with Crippen LogP contribution in [0.15, 0.2) is 48.5 Å². The summed E-state index contributed by atoms with van der Waals surface area (Å²) in [5, 5.41) is 0. The molecule has 0 saturated heterocycles. The van der Waals surface area contributed by atoms with Gasteiger partial charge < -0.3 is 16.0 Å². The highest BCUT2D eigenvalue weighted by atomic mass is 15.1. The Balaban J connectivity index is 2.15. The molecule has 3 aromatic rings. The van der Waals surface area contributed by atoms with Crippen LogP contribution in [0.3, 0.4) is 0 Å². The molecule has 102 valence electrons. The molecule has 2 aromatic carbocycles. The molecule has 0 fully saturated rings.